The van der Waals surface area contributed by atoms with Gasteiger partial charge in [-0.15, -0.1) is 0 Å². The lowest BCUT2D eigenvalue weighted by Crippen LogP contribution is -2.37. The Labute approximate surface area is 142 Å². The van der Waals surface area contributed by atoms with Crippen molar-refractivity contribution in [2.45, 2.75) is 19.9 Å². The van der Waals surface area contributed by atoms with E-state index in [0.29, 0.717) is 37.0 Å². The van der Waals surface area contributed by atoms with Gasteiger partial charge < -0.3 is 15.0 Å². The Bertz CT molecular complexity index is 717. The third-order valence-corrected chi connectivity index (χ3v) is 4.14. The van der Waals surface area contributed by atoms with Gasteiger partial charge in [-0.1, -0.05) is 31.2 Å². The number of nitriles is 1. The fourth-order valence-corrected chi connectivity index (χ4v) is 2.71. The summed E-state index contributed by atoms with van der Waals surface area (Å²) < 4.78 is 5.37. The van der Waals surface area contributed by atoms with Crippen molar-refractivity contribution in [3.05, 3.63) is 47.3 Å². The molecular weight excluding hydrogens is 302 g/mol. The molecule has 1 aromatic heterocycles. The number of nitrogens with one attached hydrogen (secondary N) is 1. The smallest absolute Gasteiger partial charge is 0.152 e. The molecule has 0 atom stereocenters. The number of aryl methyl sites for hydroxylation is 1. The van der Waals surface area contributed by atoms with Crippen LogP contribution < -0.4 is 10.2 Å². The molecule has 0 amide bonds. The van der Waals surface area contributed by atoms with Crippen molar-refractivity contribution in [2.75, 3.05) is 36.5 Å². The molecule has 1 fully saturated rings. The van der Waals surface area contributed by atoms with E-state index in [-0.39, 0.29) is 0 Å². The number of morpholine rings is 1. The van der Waals surface area contributed by atoms with Crippen LogP contribution in [-0.2, 0) is 17.7 Å². The van der Waals surface area contributed by atoms with Crippen LogP contribution in [0, 0.1) is 11.3 Å². The first-order chi connectivity index (χ1) is 11.8. The third kappa shape index (κ3) is 3.63. The van der Waals surface area contributed by atoms with Gasteiger partial charge in [0, 0.05) is 19.6 Å². The van der Waals surface area contributed by atoms with Crippen LogP contribution in [0.4, 0.5) is 11.6 Å². The molecule has 1 N–H and O–H groups in total. The highest BCUT2D eigenvalue weighted by Gasteiger charge is 2.19. The number of rotatable bonds is 5. The predicted octanol–water partition coefficient (Wildman–Crippen LogP) is 2.36. The number of nitrogens with zero attached hydrogens (tertiary/aromatic N) is 4. The van der Waals surface area contributed by atoms with E-state index in [1.54, 1.807) is 0 Å². The molecule has 1 aliphatic rings. The second kappa shape index (κ2) is 7.75. The average molecular weight is 323 g/mol. The van der Waals surface area contributed by atoms with Crippen LogP contribution in [-0.4, -0.2) is 36.3 Å². The molecular formula is C18H21N5O. The molecule has 1 saturated heterocycles. The highest BCUT2D eigenvalue weighted by molar-refractivity contribution is 5.65. The summed E-state index contributed by atoms with van der Waals surface area (Å²) in [4.78, 5) is 10.6. The molecule has 124 valence electrons. The second-order valence-corrected chi connectivity index (χ2v) is 5.66. The standard InChI is InChI=1S/C18H21N5O/c1-2-14-3-5-15(6-4-14)12-20-17-16(11-19)18(22-13-21-17)23-7-9-24-10-8-23/h3-6,13H,2,7-10,12H2,1H3,(H,20,21,22). The van der Waals surface area contributed by atoms with Gasteiger partial charge in [0.25, 0.3) is 0 Å². The number of hydrogen-bond donors (Lipinski definition) is 1. The van der Waals surface area contributed by atoms with Crippen molar-refractivity contribution < 1.29 is 4.74 Å². The van der Waals surface area contributed by atoms with E-state index in [1.165, 1.54) is 11.9 Å². The molecule has 0 aliphatic carbocycles. The minimum atomic E-state index is 0.490. The summed E-state index contributed by atoms with van der Waals surface area (Å²) in [6.45, 7) is 5.55. The number of aromatic nitrogens is 2. The van der Waals surface area contributed by atoms with Crippen LogP contribution in [0.1, 0.15) is 23.6 Å². The highest BCUT2D eigenvalue weighted by Crippen LogP contribution is 2.23. The first kappa shape index (κ1) is 16.2. The van der Waals surface area contributed by atoms with Gasteiger partial charge in [0.15, 0.2) is 5.82 Å². The van der Waals surface area contributed by atoms with E-state index in [2.05, 4.69) is 57.4 Å². The lowest BCUT2D eigenvalue weighted by Gasteiger charge is -2.28. The molecule has 0 unspecified atom stereocenters. The second-order valence-electron chi connectivity index (χ2n) is 5.66. The Morgan fingerprint density at radius 3 is 2.54 bits per heavy atom. The van der Waals surface area contributed by atoms with E-state index >= 15 is 0 Å². The van der Waals surface area contributed by atoms with E-state index in [9.17, 15) is 5.26 Å². The Kier molecular flexibility index (Phi) is 5.24. The maximum Gasteiger partial charge on any atom is 0.152 e. The third-order valence-electron chi connectivity index (χ3n) is 4.14. The summed E-state index contributed by atoms with van der Waals surface area (Å²) in [5, 5.41) is 12.8. The first-order valence-corrected chi connectivity index (χ1v) is 8.21. The Morgan fingerprint density at radius 2 is 1.88 bits per heavy atom. The van der Waals surface area contributed by atoms with E-state index in [0.717, 1.165) is 25.1 Å². The van der Waals surface area contributed by atoms with Gasteiger partial charge in [0.1, 0.15) is 23.8 Å². The zero-order valence-electron chi connectivity index (χ0n) is 13.8. The zero-order chi connectivity index (χ0) is 16.8. The minimum absolute atomic E-state index is 0.490. The molecule has 0 bridgehead atoms. The number of ether oxygens (including phenoxy) is 1. The van der Waals surface area contributed by atoms with Crippen molar-refractivity contribution in [3.63, 3.8) is 0 Å². The molecule has 2 aromatic rings. The quantitative estimate of drug-likeness (QED) is 0.910. The van der Waals surface area contributed by atoms with Gasteiger partial charge in [-0.05, 0) is 17.5 Å². The molecule has 6 heteroatoms. The molecule has 3 rings (SSSR count). The minimum Gasteiger partial charge on any atom is -0.378 e. The largest absolute Gasteiger partial charge is 0.378 e. The van der Waals surface area contributed by atoms with Gasteiger partial charge in [-0.3, -0.25) is 0 Å². The maximum absolute atomic E-state index is 9.57. The van der Waals surface area contributed by atoms with Gasteiger partial charge in [-0.25, -0.2) is 9.97 Å². The van der Waals surface area contributed by atoms with Gasteiger partial charge in [0.2, 0.25) is 0 Å². The van der Waals surface area contributed by atoms with Crippen LogP contribution in [0.2, 0.25) is 0 Å². The molecule has 0 saturated carbocycles. The Balaban J connectivity index is 1.76. The van der Waals surface area contributed by atoms with Gasteiger partial charge in [0.05, 0.1) is 13.2 Å². The molecule has 24 heavy (non-hydrogen) atoms. The summed E-state index contributed by atoms with van der Waals surface area (Å²) in [5.74, 6) is 1.26. The number of hydrogen-bond acceptors (Lipinski definition) is 6. The normalized spacial score (nSPS) is 14.2. The highest BCUT2D eigenvalue weighted by atomic mass is 16.5. The van der Waals surface area contributed by atoms with E-state index in [4.69, 9.17) is 4.74 Å². The Hall–Kier alpha value is -2.65. The van der Waals surface area contributed by atoms with Crippen molar-refractivity contribution in [3.8, 4) is 6.07 Å². The molecule has 1 aromatic carbocycles. The summed E-state index contributed by atoms with van der Waals surface area (Å²) in [6.07, 6.45) is 2.54. The zero-order valence-corrected chi connectivity index (χ0v) is 13.8. The van der Waals surface area contributed by atoms with Gasteiger partial charge in [-0.2, -0.15) is 5.26 Å². The molecule has 1 aliphatic heterocycles. The van der Waals surface area contributed by atoms with Crippen LogP contribution >= 0.6 is 0 Å². The molecule has 2 heterocycles. The Morgan fingerprint density at radius 1 is 1.17 bits per heavy atom. The van der Waals surface area contributed by atoms with Crippen molar-refractivity contribution in [2.24, 2.45) is 0 Å². The average Bonchev–Trinajstić information content (AvgIpc) is 2.67. The van der Waals surface area contributed by atoms with E-state index < -0.39 is 0 Å². The van der Waals surface area contributed by atoms with Crippen LogP contribution in [0.5, 0.6) is 0 Å². The number of benzene rings is 1. The monoisotopic (exact) mass is 323 g/mol. The summed E-state index contributed by atoms with van der Waals surface area (Å²) in [5.41, 5.74) is 2.96. The lowest BCUT2D eigenvalue weighted by molar-refractivity contribution is 0.122. The summed E-state index contributed by atoms with van der Waals surface area (Å²) in [7, 11) is 0. The summed E-state index contributed by atoms with van der Waals surface area (Å²) in [6, 6.07) is 10.7. The fraction of sp³-hybridized carbons (Fsp3) is 0.389. The van der Waals surface area contributed by atoms with Gasteiger partial charge >= 0.3 is 0 Å². The summed E-state index contributed by atoms with van der Waals surface area (Å²) >= 11 is 0. The van der Waals surface area contributed by atoms with Crippen LogP contribution in [0.3, 0.4) is 0 Å². The number of anilines is 2. The first-order valence-electron chi connectivity index (χ1n) is 8.21. The molecule has 0 spiro atoms. The predicted molar refractivity (Wildman–Crippen MR) is 92.9 cm³/mol. The van der Waals surface area contributed by atoms with Crippen LogP contribution in [0.15, 0.2) is 30.6 Å². The lowest BCUT2D eigenvalue weighted by atomic mass is 10.1. The van der Waals surface area contributed by atoms with Crippen molar-refractivity contribution in [1.29, 1.82) is 5.26 Å². The van der Waals surface area contributed by atoms with Crippen LogP contribution in [0.25, 0.3) is 0 Å². The SMILES string of the molecule is CCc1ccc(CNc2ncnc(N3CCOCC3)c2C#N)cc1. The topological polar surface area (TPSA) is 74.1 Å². The molecule has 6 nitrogen and oxygen atoms in total. The fourth-order valence-electron chi connectivity index (χ4n) is 2.71. The van der Waals surface area contributed by atoms with E-state index in [1.807, 2.05) is 0 Å². The van der Waals surface area contributed by atoms with Crippen molar-refractivity contribution >= 4 is 11.6 Å². The van der Waals surface area contributed by atoms with Crippen molar-refractivity contribution in [1.82, 2.24) is 9.97 Å². The maximum atomic E-state index is 9.57. The molecule has 0 radical (unpaired) electrons.